The molecular weight excluding hydrogens is 466 g/mol. The van der Waals surface area contributed by atoms with E-state index in [0.29, 0.717) is 29.9 Å². The van der Waals surface area contributed by atoms with Crippen LogP contribution in [0.4, 0.5) is 11.4 Å². The van der Waals surface area contributed by atoms with Crippen LogP contribution in [0.2, 0.25) is 0 Å². The van der Waals surface area contributed by atoms with Crippen molar-refractivity contribution < 1.29 is 13.2 Å². The summed E-state index contributed by atoms with van der Waals surface area (Å²) < 4.78 is 27.7. The highest BCUT2D eigenvalue weighted by Crippen LogP contribution is 2.34. The van der Waals surface area contributed by atoms with Gasteiger partial charge in [0.2, 0.25) is 0 Å². The fraction of sp³-hybridized carbons (Fsp3) is 0.154. The normalized spacial score (nSPS) is 13.1. The van der Waals surface area contributed by atoms with Crippen LogP contribution in [-0.2, 0) is 16.4 Å². The van der Waals surface area contributed by atoms with Gasteiger partial charge in [-0.15, -0.1) is 11.3 Å². The van der Waals surface area contributed by atoms with E-state index in [2.05, 4.69) is 10.3 Å². The van der Waals surface area contributed by atoms with Crippen molar-refractivity contribution in [3.63, 3.8) is 0 Å². The summed E-state index contributed by atoms with van der Waals surface area (Å²) in [6, 6.07) is 19.6. The molecule has 8 heteroatoms. The van der Waals surface area contributed by atoms with E-state index in [0.717, 1.165) is 27.4 Å². The van der Waals surface area contributed by atoms with Crippen LogP contribution in [0.25, 0.3) is 11.3 Å². The topological polar surface area (TPSA) is 79.4 Å². The molecule has 0 saturated heterocycles. The Morgan fingerprint density at radius 1 is 1.03 bits per heavy atom. The second-order valence-corrected chi connectivity index (χ2v) is 11.2. The molecule has 0 bridgehead atoms. The minimum atomic E-state index is -3.65. The third kappa shape index (κ3) is 4.22. The molecule has 0 spiro atoms. The number of carbonyl (C=O) groups excluding carboxylic acids is 1. The molecule has 5 rings (SSSR count). The summed E-state index contributed by atoms with van der Waals surface area (Å²) in [5, 5.41) is 5.92. The second kappa shape index (κ2) is 8.70. The third-order valence-corrected chi connectivity index (χ3v) is 8.44. The maximum atomic E-state index is 13.2. The molecule has 1 amide bonds. The van der Waals surface area contributed by atoms with Gasteiger partial charge in [0.25, 0.3) is 15.9 Å². The number of nitrogens with one attached hydrogen (secondary N) is 1. The van der Waals surface area contributed by atoms with Gasteiger partial charge in [-0.05, 0) is 68.3 Å². The molecule has 0 fully saturated rings. The van der Waals surface area contributed by atoms with E-state index in [-0.39, 0.29) is 10.8 Å². The molecular formula is C26H23N3O3S2. The zero-order valence-electron chi connectivity index (χ0n) is 18.8. The van der Waals surface area contributed by atoms with Gasteiger partial charge in [-0.1, -0.05) is 29.8 Å². The zero-order valence-corrected chi connectivity index (χ0v) is 20.4. The highest BCUT2D eigenvalue weighted by Gasteiger charge is 2.31. The molecule has 1 aliphatic rings. The molecule has 0 atom stereocenters. The number of thiazole rings is 1. The van der Waals surface area contributed by atoms with Crippen molar-refractivity contribution in [3.05, 3.63) is 93.8 Å². The molecule has 0 aliphatic carbocycles. The van der Waals surface area contributed by atoms with Crippen LogP contribution >= 0.6 is 11.3 Å². The minimum absolute atomic E-state index is 0.241. The van der Waals surface area contributed by atoms with E-state index < -0.39 is 10.0 Å². The van der Waals surface area contributed by atoms with E-state index in [4.69, 9.17) is 0 Å². The summed E-state index contributed by atoms with van der Waals surface area (Å²) in [4.78, 5) is 17.7. The lowest BCUT2D eigenvalue weighted by Crippen LogP contribution is -2.29. The number of rotatable bonds is 5. The average Bonchev–Trinajstić information content (AvgIpc) is 3.46. The predicted molar refractivity (Wildman–Crippen MR) is 136 cm³/mol. The minimum Gasteiger partial charge on any atom is -0.322 e. The van der Waals surface area contributed by atoms with Gasteiger partial charge in [0.1, 0.15) is 0 Å². The largest absolute Gasteiger partial charge is 0.322 e. The fourth-order valence-electron chi connectivity index (χ4n) is 4.06. The number of aryl methyl sites for hydroxylation is 2. The summed E-state index contributed by atoms with van der Waals surface area (Å²) in [6.07, 6.45) is 0.556. The maximum Gasteiger partial charge on any atom is 0.264 e. The van der Waals surface area contributed by atoms with E-state index in [1.54, 1.807) is 53.8 Å². The predicted octanol–water partition coefficient (Wildman–Crippen LogP) is 5.43. The molecule has 3 aromatic carbocycles. The highest BCUT2D eigenvalue weighted by molar-refractivity contribution is 7.92. The van der Waals surface area contributed by atoms with Crippen molar-refractivity contribution in [3.8, 4) is 11.3 Å². The zero-order chi connectivity index (χ0) is 23.9. The molecule has 0 unspecified atom stereocenters. The van der Waals surface area contributed by atoms with Gasteiger partial charge in [-0.2, -0.15) is 0 Å². The number of anilines is 2. The number of hydrogen-bond acceptors (Lipinski definition) is 5. The van der Waals surface area contributed by atoms with Gasteiger partial charge in [-0.3, -0.25) is 9.10 Å². The standard InChI is InChI=1S/C26H23N3O3S2/c1-17-6-9-23(10-7-17)34(31,32)29-13-12-20-14-21(8-11-25(20)29)26(30)28-22-5-3-4-19(15-22)24-16-33-18(2)27-24/h3-11,14-16H,12-13H2,1-2H3,(H,28,30). The van der Waals surface area contributed by atoms with E-state index in [1.165, 1.54) is 4.31 Å². The molecule has 1 aromatic heterocycles. The summed E-state index contributed by atoms with van der Waals surface area (Å²) in [6.45, 7) is 4.23. The Labute approximate surface area is 203 Å². The van der Waals surface area contributed by atoms with Crippen molar-refractivity contribution in [1.29, 1.82) is 0 Å². The lowest BCUT2D eigenvalue weighted by atomic mass is 10.1. The van der Waals surface area contributed by atoms with Crippen LogP contribution in [-0.4, -0.2) is 25.9 Å². The Morgan fingerprint density at radius 2 is 1.82 bits per heavy atom. The lowest BCUT2D eigenvalue weighted by molar-refractivity contribution is 0.102. The third-order valence-electron chi connectivity index (χ3n) is 5.84. The van der Waals surface area contributed by atoms with Gasteiger partial charge in [-0.25, -0.2) is 13.4 Å². The molecule has 2 heterocycles. The summed E-state index contributed by atoms with van der Waals surface area (Å²) in [5.74, 6) is -0.241. The number of aromatic nitrogens is 1. The van der Waals surface area contributed by atoms with Crippen LogP contribution in [0.1, 0.15) is 26.5 Å². The van der Waals surface area contributed by atoms with Crippen LogP contribution in [0.5, 0.6) is 0 Å². The van der Waals surface area contributed by atoms with Gasteiger partial charge in [0.05, 0.1) is 21.3 Å². The van der Waals surface area contributed by atoms with Crippen molar-refractivity contribution in [2.45, 2.75) is 25.2 Å². The van der Waals surface area contributed by atoms with Crippen molar-refractivity contribution in [2.75, 3.05) is 16.2 Å². The Hall–Kier alpha value is -3.49. The van der Waals surface area contributed by atoms with Crippen molar-refractivity contribution in [1.82, 2.24) is 4.98 Å². The number of carbonyl (C=O) groups is 1. The smallest absolute Gasteiger partial charge is 0.264 e. The second-order valence-electron chi connectivity index (χ2n) is 8.27. The van der Waals surface area contributed by atoms with Crippen LogP contribution in [0.3, 0.4) is 0 Å². The van der Waals surface area contributed by atoms with Gasteiger partial charge < -0.3 is 5.32 Å². The molecule has 172 valence electrons. The summed E-state index contributed by atoms with van der Waals surface area (Å²) in [5.41, 5.74) is 5.45. The number of fused-ring (bicyclic) bond motifs is 1. The van der Waals surface area contributed by atoms with Gasteiger partial charge in [0.15, 0.2) is 0 Å². The molecule has 6 nitrogen and oxygen atoms in total. The Bertz CT molecular complexity index is 1490. The van der Waals surface area contributed by atoms with Crippen molar-refractivity contribution in [2.24, 2.45) is 0 Å². The Morgan fingerprint density at radius 3 is 2.56 bits per heavy atom. The quantitative estimate of drug-likeness (QED) is 0.405. The summed E-state index contributed by atoms with van der Waals surface area (Å²) in [7, 11) is -3.65. The van der Waals surface area contributed by atoms with Gasteiger partial charge in [0, 0.05) is 28.7 Å². The molecule has 0 saturated carbocycles. The van der Waals surface area contributed by atoms with Crippen LogP contribution in [0.15, 0.2) is 77.0 Å². The Kier molecular flexibility index (Phi) is 5.71. The van der Waals surface area contributed by atoms with E-state index in [1.807, 2.05) is 43.5 Å². The fourth-order valence-corrected chi connectivity index (χ4v) is 6.18. The molecule has 1 aliphatic heterocycles. The number of amides is 1. The highest BCUT2D eigenvalue weighted by atomic mass is 32.2. The molecule has 4 aromatic rings. The van der Waals surface area contributed by atoms with E-state index in [9.17, 15) is 13.2 Å². The molecule has 1 N–H and O–H groups in total. The molecule has 34 heavy (non-hydrogen) atoms. The lowest BCUT2D eigenvalue weighted by Gasteiger charge is -2.20. The van der Waals surface area contributed by atoms with E-state index >= 15 is 0 Å². The number of hydrogen-bond donors (Lipinski definition) is 1. The SMILES string of the molecule is Cc1ccc(S(=O)(=O)N2CCc3cc(C(=O)Nc4cccc(-c5csc(C)n5)c4)ccc32)cc1. The van der Waals surface area contributed by atoms with Crippen LogP contribution in [0, 0.1) is 13.8 Å². The van der Waals surface area contributed by atoms with Crippen LogP contribution < -0.4 is 9.62 Å². The summed E-state index contributed by atoms with van der Waals surface area (Å²) >= 11 is 1.58. The van der Waals surface area contributed by atoms with Gasteiger partial charge >= 0.3 is 0 Å². The Balaban J connectivity index is 1.36. The number of nitrogens with zero attached hydrogens (tertiary/aromatic N) is 2. The molecule has 0 radical (unpaired) electrons. The number of sulfonamides is 1. The first kappa shape index (κ1) is 22.3. The number of benzene rings is 3. The first-order valence-corrected chi connectivity index (χ1v) is 13.2. The monoisotopic (exact) mass is 489 g/mol. The average molecular weight is 490 g/mol. The van der Waals surface area contributed by atoms with Crippen molar-refractivity contribution >= 4 is 38.6 Å². The first-order chi connectivity index (χ1) is 16.3. The maximum absolute atomic E-state index is 13.2. The first-order valence-electron chi connectivity index (χ1n) is 10.9.